The summed E-state index contributed by atoms with van der Waals surface area (Å²) in [6, 6.07) is 0. The van der Waals surface area contributed by atoms with Gasteiger partial charge in [-0.15, -0.1) is 0 Å². The Morgan fingerprint density at radius 1 is 1.11 bits per heavy atom. The molecule has 0 amide bonds. The lowest BCUT2D eigenvalue weighted by atomic mass is 9.49. The molecule has 2 heterocycles. The Kier molecular flexibility index (Phi) is 4.41. The molecular weight excluding hydrogens is 356 g/mol. The van der Waals surface area contributed by atoms with E-state index in [1.807, 2.05) is 4.90 Å². The molecule has 6 rings (SSSR count). The normalized spacial score (nSPS) is 34.6. The highest BCUT2D eigenvalue weighted by atomic mass is 16.6. The first kappa shape index (κ1) is 18.1. The van der Waals surface area contributed by atoms with Gasteiger partial charge in [0.15, 0.2) is 0 Å². The van der Waals surface area contributed by atoms with Gasteiger partial charge >= 0.3 is 5.69 Å². The summed E-state index contributed by atoms with van der Waals surface area (Å²) in [5.74, 6) is 3.46. The van der Waals surface area contributed by atoms with Gasteiger partial charge < -0.3 is 15.1 Å². The molecule has 4 aliphatic carbocycles. The third-order valence-corrected chi connectivity index (χ3v) is 7.58. The monoisotopic (exact) mass is 386 g/mol. The van der Waals surface area contributed by atoms with Gasteiger partial charge in [-0.2, -0.15) is 0 Å². The van der Waals surface area contributed by atoms with Crippen molar-refractivity contribution >= 4 is 17.3 Å². The summed E-state index contributed by atoms with van der Waals surface area (Å²) in [7, 11) is 2.07. The van der Waals surface area contributed by atoms with Crippen molar-refractivity contribution in [1.82, 2.24) is 14.9 Å². The summed E-state index contributed by atoms with van der Waals surface area (Å²) in [5.41, 5.74) is 0.346. The van der Waals surface area contributed by atoms with Crippen molar-refractivity contribution < 1.29 is 4.92 Å². The van der Waals surface area contributed by atoms with Gasteiger partial charge in [0.25, 0.3) is 0 Å². The van der Waals surface area contributed by atoms with Crippen LogP contribution in [0.2, 0.25) is 0 Å². The molecule has 1 aliphatic heterocycles. The number of anilines is 2. The number of nitrogens with zero attached hydrogens (tertiary/aromatic N) is 5. The van der Waals surface area contributed by atoms with Crippen LogP contribution in [0, 0.1) is 33.3 Å². The Hall–Kier alpha value is -1.96. The Bertz CT molecular complexity index is 726. The lowest BCUT2D eigenvalue weighted by Crippen LogP contribution is -2.49. The standard InChI is InChI=1S/C20H30N6O2/c1-24-2-4-25(5-3-24)19-17(26(27)28)18(22-13-23-19)21-12-20-9-14-6-15(10-20)8-16(7-14)11-20/h13-16H,2-12H2,1H3,(H,21,22,23). The molecule has 5 fully saturated rings. The second-order valence-electron chi connectivity index (χ2n) is 9.71. The average molecular weight is 387 g/mol. The molecule has 8 nitrogen and oxygen atoms in total. The molecule has 152 valence electrons. The van der Waals surface area contributed by atoms with Crippen molar-refractivity contribution in [3.8, 4) is 0 Å². The van der Waals surface area contributed by atoms with Crippen LogP contribution in [0.3, 0.4) is 0 Å². The summed E-state index contributed by atoms with van der Waals surface area (Å²) in [4.78, 5) is 24.5. The molecule has 0 atom stereocenters. The van der Waals surface area contributed by atoms with E-state index in [4.69, 9.17) is 0 Å². The number of nitro groups is 1. The van der Waals surface area contributed by atoms with E-state index in [1.54, 1.807) is 0 Å². The molecule has 1 N–H and O–H groups in total. The molecule has 1 saturated heterocycles. The van der Waals surface area contributed by atoms with Crippen molar-refractivity contribution in [3.05, 3.63) is 16.4 Å². The van der Waals surface area contributed by atoms with Gasteiger partial charge in [-0.3, -0.25) is 10.1 Å². The van der Waals surface area contributed by atoms with Crippen LogP contribution in [0.25, 0.3) is 0 Å². The molecular formula is C20H30N6O2. The van der Waals surface area contributed by atoms with Gasteiger partial charge in [0.05, 0.1) is 4.92 Å². The quantitative estimate of drug-likeness (QED) is 0.615. The first-order chi connectivity index (χ1) is 13.5. The topological polar surface area (TPSA) is 87.4 Å². The lowest BCUT2D eigenvalue weighted by molar-refractivity contribution is -0.383. The Morgan fingerprint density at radius 2 is 1.71 bits per heavy atom. The van der Waals surface area contributed by atoms with Crippen molar-refractivity contribution in [2.24, 2.45) is 23.2 Å². The maximum Gasteiger partial charge on any atom is 0.353 e. The van der Waals surface area contributed by atoms with Crippen LogP contribution >= 0.6 is 0 Å². The van der Waals surface area contributed by atoms with Crippen molar-refractivity contribution in [1.29, 1.82) is 0 Å². The number of hydrogen-bond donors (Lipinski definition) is 1. The second kappa shape index (κ2) is 6.83. The zero-order chi connectivity index (χ0) is 19.3. The van der Waals surface area contributed by atoms with Crippen LogP contribution in [0.4, 0.5) is 17.3 Å². The van der Waals surface area contributed by atoms with Gasteiger partial charge in [0.2, 0.25) is 11.6 Å². The smallest absolute Gasteiger partial charge is 0.353 e. The van der Waals surface area contributed by atoms with Gasteiger partial charge in [0, 0.05) is 32.7 Å². The highest BCUT2D eigenvalue weighted by molar-refractivity contribution is 5.70. The number of hydrogen-bond acceptors (Lipinski definition) is 7. The van der Waals surface area contributed by atoms with E-state index < -0.39 is 0 Å². The number of piperazine rings is 1. The van der Waals surface area contributed by atoms with Crippen LogP contribution in [0.15, 0.2) is 6.33 Å². The third-order valence-electron chi connectivity index (χ3n) is 7.58. The zero-order valence-electron chi connectivity index (χ0n) is 16.6. The van der Waals surface area contributed by atoms with Gasteiger partial charge in [0.1, 0.15) is 6.33 Å². The van der Waals surface area contributed by atoms with Crippen LogP contribution in [-0.4, -0.2) is 59.6 Å². The molecule has 5 aliphatic rings. The third kappa shape index (κ3) is 3.21. The molecule has 1 aromatic heterocycles. The molecule has 4 bridgehead atoms. The molecule has 1 aromatic rings. The van der Waals surface area contributed by atoms with Crippen molar-refractivity contribution in [2.75, 3.05) is 50.0 Å². The maximum atomic E-state index is 11.9. The molecule has 28 heavy (non-hydrogen) atoms. The first-order valence-corrected chi connectivity index (χ1v) is 10.7. The van der Waals surface area contributed by atoms with E-state index in [9.17, 15) is 10.1 Å². The molecule has 8 heteroatoms. The number of likely N-dealkylation sites (N-methyl/N-ethyl adjacent to an activating group) is 1. The summed E-state index contributed by atoms with van der Waals surface area (Å²) < 4.78 is 0. The van der Waals surface area contributed by atoms with Crippen LogP contribution in [0.5, 0.6) is 0 Å². The zero-order valence-corrected chi connectivity index (χ0v) is 16.6. The predicted molar refractivity (Wildman–Crippen MR) is 107 cm³/mol. The fourth-order valence-corrected chi connectivity index (χ4v) is 6.69. The minimum atomic E-state index is -0.310. The van der Waals surface area contributed by atoms with Gasteiger partial charge in [-0.1, -0.05) is 0 Å². The Balaban J connectivity index is 1.36. The maximum absolute atomic E-state index is 11.9. The summed E-state index contributed by atoms with van der Waals surface area (Å²) in [6.07, 6.45) is 9.51. The fraction of sp³-hybridized carbons (Fsp3) is 0.800. The van der Waals surface area contributed by atoms with Crippen molar-refractivity contribution in [2.45, 2.75) is 38.5 Å². The molecule has 4 saturated carbocycles. The number of rotatable bonds is 5. The number of nitrogens with one attached hydrogen (secondary N) is 1. The average Bonchev–Trinajstić information content (AvgIpc) is 2.65. The van der Waals surface area contributed by atoms with E-state index in [2.05, 4.69) is 27.2 Å². The summed E-state index contributed by atoms with van der Waals surface area (Å²) in [5, 5.41) is 15.3. The molecule has 0 spiro atoms. The van der Waals surface area contributed by atoms with Crippen LogP contribution in [0.1, 0.15) is 38.5 Å². The first-order valence-electron chi connectivity index (χ1n) is 10.7. The highest BCUT2D eigenvalue weighted by Crippen LogP contribution is 2.60. The molecule has 0 aromatic carbocycles. The SMILES string of the molecule is CN1CCN(c2ncnc(NCC34CC5CC(CC(C5)C3)C4)c2[N+](=O)[O-])CC1. The van der Waals surface area contributed by atoms with E-state index in [0.29, 0.717) is 17.1 Å². The minimum Gasteiger partial charge on any atom is -0.364 e. The lowest BCUT2D eigenvalue weighted by Gasteiger charge is -2.56. The number of aromatic nitrogens is 2. The van der Waals surface area contributed by atoms with E-state index in [1.165, 1.54) is 44.9 Å². The van der Waals surface area contributed by atoms with E-state index >= 15 is 0 Å². The largest absolute Gasteiger partial charge is 0.364 e. The fourth-order valence-electron chi connectivity index (χ4n) is 6.69. The molecule has 0 radical (unpaired) electrons. The Labute approximate surface area is 165 Å². The highest BCUT2D eigenvalue weighted by Gasteiger charge is 2.50. The summed E-state index contributed by atoms with van der Waals surface area (Å²) >= 11 is 0. The second-order valence-corrected chi connectivity index (χ2v) is 9.71. The predicted octanol–water partition coefficient (Wildman–Crippen LogP) is 2.76. The van der Waals surface area contributed by atoms with Gasteiger partial charge in [-0.05, 0) is 68.7 Å². The van der Waals surface area contributed by atoms with E-state index in [0.717, 1.165) is 50.5 Å². The minimum absolute atomic E-state index is 0.0387. The van der Waals surface area contributed by atoms with E-state index in [-0.39, 0.29) is 10.6 Å². The Morgan fingerprint density at radius 3 is 2.29 bits per heavy atom. The van der Waals surface area contributed by atoms with Crippen LogP contribution < -0.4 is 10.2 Å². The molecule has 0 unspecified atom stereocenters. The van der Waals surface area contributed by atoms with Crippen molar-refractivity contribution in [3.63, 3.8) is 0 Å². The van der Waals surface area contributed by atoms with Crippen LogP contribution in [-0.2, 0) is 0 Å². The summed E-state index contributed by atoms with van der Waals surface area (Å²) in [6.45, 7) is 4.08. The van der Waals surface area contributed by atoms with Gasteiger partial charge in [-0.25, -0.2) is 9.97 Å².